The molecule has 2 N–H and O–H groups in total. The lowest BCUT2D eigenvalue weighted by Crippen LogP contribution is -2.60. The van der Waals surface area contributed by atoms with E-state index in [2.05, 4.69) is 24.1 Å². The average molecular weight is 240 g/mol. The Labute approximate surface area is 103 Å². The molecule has 2 aliphatic rings. The van der Waals surface area contributed by atoms with Crippen molar-refractivity contribution >= 4 is 5.97 Å². The van der Waals surface area contributed by atoms with Gasteiger partial charge in [-0.25, -0.2) is 0 Å². The number of carboxylic acids is 1. The van der Waals surface area contributed by atoms with E-state index in [1.54, 1.807) is 0 Å². The molecule has 0 spiro atoms. The molecule has 4 heteroatoms. The van der Waals surface area contributed by atoms with Gasteiger partial charge < -0.3 is 15.3 Å². The summed E-state index contributed by atoms with van der Waals surface area (Å²) in [6.07, 6.45) is 3.91. The van der Waals surface area contributed by atoms with Crippen LogP contribution < -0.4 is 5.32 Å². The van der Waals surface area contributed by atoms with Gasteiger partial charge in [-0.1, -0.05) is 13.8 Å². The summed E-state index contributed by atoms with van der Waals surface area (Å²) in [5.41, 5.74) is -0.671. The molecule has 2 aliphatic heterocycles. The number of piperidine rings is 1. The van der Waals surface area contributed by atoms with Crippen LogP contribution in [0.5, 0.6) is 0 Å². The first-order valence-corrected chi connectivity index (χ1v) is 6.76. The van der Waals surface area contributed by atoms with Crippen molar-refractivity contribution in [3.05, 3.63) is 0 Å². The molecule has 0 aliphatic carbocycles. The van der Waals surface area contributed by atoms with Crippen LogP contribution in [0.4, 0.5) is 0 Å². The lowest BCUT2D eigenvalue weighted by Gasteiger charge is -2.42. The Balaban J connectivity index is 2.04. The molecule has 2 heterocycles. The first-order chi connectivity index (χ1) is 8.03. The first kappa shape index (κ1) is 12.8. The molecular formula is C13H24N2O2. The Morgan fingerprint density at radius 2 is 2.29 bits per heavy atom. The highest BCUT2D eigenvalue weighted by Crippen LogP contribution is 2.33. The maximum Gasteiger partial charge on any atom is 0.324 e. The molecule has 2 saturated heterocycles. The molecule has 17 heavy (non-hydrogen) atoms. The number of aliphatic carboxylic acids is 1. The molecule has 0 aromatic heterocycles. The SMILES string of the molecule is CC(C)CNC1(C(=O)O)CCN2CCCC2C1. The van der Waals surface area contributed by atoms with E-state index in [1.807, 2.05) is 0 Å². The number of nitrogens with one attached hydrogen (secondary N) is 1. The molecular weight excluding hydrogens is 216 g/mol. The van der Waals surface area contributed by atoms with Crippen LogP contribution in [-0.2, 0) is 4.79 Å². The molecule has 0 saturated carbocycles. The van der Waals surface area contributed by atoms with Crippen LogP contribution in [0.1, 0.15) is 39.5 Å². The average Bonchev–Trinajstić information content (AvgIpc) is 2.72. The number of hydrogen-bond acceptors (Lipinski definition) is 3. The molecule has 0 radical (unpaired) electrons. The fourth-order valence-electron chi connectivity index (χ4n) is 3.09. The summed E-state index contributed by atoms with van der Waals surface area (Å²) in [5, 5.41) is 12.9. The van der Waals surface area contributed by atoms with Gasteiger partial charge in [0.05, 0.1) is 0 Å². The van der Waals surface area contributed by atoms with E-state index in [9.17, 15) is 9.90 Å². The van der Waals surface area contributed by atoms with Crippen LogP contribution >= 0.6 is 0 Å². The topological polar surface area (TPSA) is 52.6 Å². The molecule has 0 aromatic carbocycles. The maximum atomic E-state index is 11.6. The Morgan fingerprint density at radius 3 is 2.94 bits per heavy atom. The highest BCUT2D eigenvalue weighted by molar-refractivity contribution is 5.79. The highest BCUT2D eigenvalue weighted by Gasteiger charge is 2.46. The third kappa shape index (κ3) is 2.63. The van der Waals surface area contributed by atoms with E-state index in [-0.39, 0.29) is 0 Å². The Bertz CT molecular complexity index is 293. The zero-order valence-electron chi connectivity index (χ0n) is 10.9. The van der Waals surface area contributed by atoms with Gasteiger partial charge in [-0.15, -0.1) is 0 Å². The number of rotatable bonds is 4. The normalized spacial score (nSPS) is 33.9. The smallest absolute Gasteiger partial charge is 0.324 e. The van der Waals surface area contributed by atoms with Crippen molar-refractivity contribution in [2.75, 3.05) is 19.6 Å². The summed E-state index contributed by atoms with van der Waals surface area (Å²) in [6.45, 7) is 7.12. The van der Waals surface area contributed by atoms with Gasteiger partial charge in [0.25, 0.3) is 0 Å². The number of carboxylic acid groups (broad SMARTS) is 1. The lowest BCUT2D eigenvalue weighted by molar-refractivity contribution is -0.148. The van der Waals surface area contributed by atoms with Crippen LogP contribution in [0, 0.1) is 5.92 Å². The molecule has 2 atom stereocenters. The van der Waals surface area contributed by atoms with Crippen molar-refractivity contribution in [2.24, 2.45) is 5.92 Å². The van der Waals surface area contributed by atoms with Gasteiger partial charge in [0.2, 0.25) is 0 Å². The molecule has 98 valence electrons. The molecule has 2 unspecified atom stereocenters. The van der Waals surface area contributed by atoms with Gasteiger partial charge in [-0.05, 0) is 44.7 Å². The van der Waals surface area contributed by atoms with Gasteiger partial charge in [-0.2, -0.15) is 0 Å². The third-order valence-corrected chi connectivity index (χ3v) is 4.17. The van der Waals surface area contributed by atoms with Crippen molar-refractivity contribution in [3.63, 3.8) is 0 Å². The molecule has 4 nitrogen and oxygen atoms in total. The van der Waals surface area contributed by atoms with Crippen LogP contribution in [0.2, 0.25) is 0 Å². The fourth-order valence-corrected chi connectivity index (χ4v) is 3.09. The molecule has 0 aromatic rings. The second kappa shape index (κ2) is 4.94. The van der Waals surface area contributed by atoms with Gasteiger partial charge in [0.15, 0.2) is 0 Å². The second-order valence-corrected chi connectivity index (χ2v) is 5.95. The minimum atomic E-state index is -0.671. The van der Waals surface area contributed by atoms with E-state index in [0.29, 0.717) is 12.0 Å². The van der Waals surface area contributed by atoms with Crippen molar-refractivity contribution in [2.45, 2.75) is 51.1 Å². The third-order valence-electron chi connectivity index (χ3n) is 4.17. The number of carbonyl (C=O) groups is 1. The molecule has 0 amide bonds. The minimum absolute atomic E-state index is 0.486. The van der Waals surface area contributed by atoms with E-state index in [0.717, 1.165) is 32.5 Å². The fraction of sp³-hybridized carbons (Fsp3) is 0.923. The van der Waals surface area contributed by atoms with Gasteiger partial charge in [-0.3, -0.25) is 4.79 Å². The lowest BCUT2D eigenvalue weighted by atomic mass is 9.83. The summed E-state index contributed by atoms with van der Waals surface area (Å²) in [7, 11) is 0. The van der Waals surface area contributed by atoms with Crippen LogP contribution in [0.15, 0.2) is 0 Å². The van der Waals surface area contributed by atoms with E-state index in [4.69, 9.17) is 0 Å². The summed E-state index contributed by atoms with van der Waals surface area (Å²) < 4.78 is 0. The largest absolute Gasteiger partial charge is 0.480 e. The van der Waals surface area contributed by atoms with Crippen molar-refractivity contribution < 1.29 is 9.90 Å². The Hall–Kier alpha value is -0.610. The van der Waals surface area contributed by atoms with Crippen LogP contribution in [0.3, 0.4) is 0 Å². The minimum Gasteiger partial charge on any atom is -0.480 e. The van der Waals surface area contributed by atoms with Gasteiger partial charge in [0, 0.05) is 12.6 Å². The Morgan fingerprint density at radius 1 is 1.53 bits per heavy atom. The highest BCUT2D eigenvalue weighted by atomic mass is 16.4. The molecule has 2 fully saturated rings. The predicted molar refractivity (Wildman–Crippen MR) is 67.0 cm³/mol. The standard InChI is InChI=1S/C13H24N2O2/c1-10(2)9-14-13(12(16)17)5-7-15-6-3-4-11(15)8-13/h10-11,14H,3-9H2,1-2H3,(H,16,17). The maximum absolute atomic E-state index is 11.6. The van der Waals surface area contributed by atoms with Crippen LogP contribution in [-0.4, -0.2) is 47.2 Å². The zero-order chi connectivity index (χ0) is 12.5. The summed E-state index contributed by atoms with van der Waals surface area (Å²) in [4.78, 5) is 14.1. The summed E-state index contributed by atoms with van der Waals surface area (Å²) in [5.74, 6) is -0.169. The van der Waals surface area contributed by atoms with Crippen molar-refractivity contribution in [1.82, 2.24) is 10.2 Å². The van der Waals surface area contributed by atoms with E-state index in [1.165, 1.54) is 12.8 Å². The van der Waals surface area contributed by atoms with Crippen molar-refractivity contribution in [3.8, 4) is 0 Å². The first-order valence-electron chi connectivity index (χ1n) is 6.76. The second-order valence-electron chi connectivity index (χ2n) is 5.95. The van der Waals surface area contributed by atoms with E-state index >= 15 is 0 Å². The van der Waals surface area contributed by atoms with Crippen molar-refractivity contribution in [1.29, 1.82) is 0 Å². The number of fused-ring (bicyclic) bond motifs is 1. The zero-order valence-corrected chi connectivity index (χ0v) is 10.9. The summed E-state index contributed by atoms with van der Waals surface area (Å²) in [6, 6.07) is 0.486. The van der Waals surface area contributed by atoms with E-state index < -0.39 is 11.5 Å². The number of hydrogen-bond donors (Lipinski definition) is 2. The summed E-state index contributed by atoms with van der Waals surface area (Å²) >= 11 is 0. The Kier molecular flexibility index (Phi) is 3.73. The predicted octanol–water partition coefficient (Wildman–Crippen LogP) is 1.31. The van der Waals surface area contributed by atoms with Gasteiger partial charge in [0.1, 0.15) is 5.54 Å². The van der Waals surface area contributed by atoms with Crippen LogP contribution in [0.25, 0.3) is 0 Å². The quantitative estimate of drug-likeness (QED) is 0.778. The molecule has 0 bridgehead atoms. The number of nitrogens with zero attached hydrogens (tertiary/aromatic N) is 1. The molecule has 2 rings (SSSR count). The van der Waals surface area contributed by atoms with Gasteiger partial charge >= 0.3 is 5.97 Å². The monoisotopic (exact) mass is 240 g/mol.